The van der Waals surface area contributed by atoms with Gasteiger partial charge >= 0.3 is 0 Å². The Morgan fingerprint density at radius 1 is 1.56 bits per heavy atom. The monoisotopic (exact) mass is 223 g/mol. The summed E-state index contributed by atoms with van der Waals surface area (Å²) in [5.41, 5.74) is -0.286. The molecule has 2 aliphatic rings. The fraction of sp³-hybridized carbons (Fsp3) is 0.917. The Morgan fingerprint density at radius 3 is 2.94 bits per heavy atom. The standard InChI is InChI=1S/C12H21N3O/c1-10-8-15(5-6-16-10)11-3-4-12(7-11,9-13)14-2/h10-11,14H,3-8H2,1-2H3. The maximum Gasteiger partial charge on any atom is 0.108 e. The SMILES string of the molecule is CNC1(C#N)CCC(N2CCOC(C)C2)C1. The number of nitriles is 1. The summed E-state index contributed by atoms with van der Waals surface area (Å²) in [6.45, 7) is 4.98. The van der Waals surface area contributed by atoms with E-state index in [1.165, 1.54) is 0 Å². The van der Waals surface area contributed by atoms with Gasteiger partial charge < -0.3 is 10.1 Å². The average molecular weight is 223 g/mol. The summed E-state index contributed by atoms with van der Waals surface area (Å²) < 4.78 is 5.55. The molecule has 1 saturated heterocycles. The average Bonchev–Trinajstić information content (AvgIpc) is 2.74. The van der Waals surface area contributed by atoms with Crippen LogP contribution in [-0.2, 0) is 4.74 Å². The molecule has 3 atom stereocenters. The zero-order valence-electron chi connectivity index (χ0n) is 10.2. The molecule has 3 unspecified atom stereocenters. The molecule has 1 aliphatic heterocycles. The number of morpholine rings is 1. The molecular weight excluding hydrogens is 202 g/mol. The lowest BCUT2D eigenvalue weighted by Gasteiger charge is -2.36. The number of hydrogen-bond acceptors (Lipinski definition) is 4. The molecule has 2 rings (SSSR count). The van der Waals surface area contributed by atoms with Crippen LogP contribution in [0, 0.1) is 11.3 Å². The van der Waals surface area contributed by atoms with Gasteiger partial charge in [0.05, 0.1) is 18.8 Å². The molecule has 0 aromatic heterocycles. The number of rotatable bonds is 2. The van der Waals surface area contributed by atoms with Crippen LogP contribution in [-0.4, -0.2) is 49.3 Å². The van der Waals surface area contributed by atoms with Crippen molar-refractivity contribution in [2.24, 2.45) is 0 Å². The highest BCUT2D eigenvalue weighted by molar-refractivity contribution is 5.13. The van der Waals surface area contributed by atoms with Crippen LogP contribution in [0.2, 0.25) is 0 Å². The molecule has 1 saturated carbocycles. The third-order valence-corrected chi connectivity index (χ3v) is 3.97. The molecule has 16 heavy (non-hydrogen) atoms. The predicted octanol–water partition coefficient (Wildman–Crippen LogP) is 0.741. The molecule has 1 heterocycles. The molecule has 0 aromatic carbocycles. The minimum Gasteiger partial charge on any atom is -0.376 e. The Labute approximate surface area is 97.6 Å². The molecule has 4 heteroatoms. The molecule has 0 bridgehead atoms. The third kappa shape index (κ3) is 2.22. The van der Waals surface area contributed by atoms with Crippen molar-refractivity contribution in [2.75, 3.05) is 26.7 Å². The second-order valence-corrected chi connectivity index (χ2v) is 5.02. The van der Waals surface area contributed by atoms with Crippen molar-refractivity contribution in [3.05, 3.63) is 0 Å². The lowest BCUT2D eigenvalue weighted by Crippen LogP contribution is -2.47. The zero-order valence-corrected chi connectivity index (χ0v) is 10.2. The van der Waals surface area contributed by atoms with Crippen LogP contribution in [0.4, 0.5) is 0 Å². The number of hydrogen-bond donors (Lipinski definition) is 1. The first-order valence-corrected chi connectivity index (χ1v) is 6.15. The predicted molar refractivity (Wildman–Crippen MR) is 62.0 cm³/mol. The van der Waals surface area contributed by atoms with E-state index in [0.717, 1.165) is 39.0 Å². The van der Waals surface area contributed by atoms with E-state index in [1.54, 1.807) is 0 Å². The van der Waals surface area contributed by atoms with Gasteiger partial charge in [-0.3, -0.25) is 4.90 Å². The van der Waals surface area contributed by atoms with Crippen molar-refractivity contribution in [1.29, 1.82) is 5.26 Å². The first-order valence-electron chi connectivity index (χ1n) is 6.15. The molecule has 0 radical (unpaired) electrons. The molecule has 1 N–H and O–H groups in total. The Hall–Kier alpha value is -0.630. The molecule has 4 nitrogen and oxygen atoms in total. The van der Waals surface area contributed by atoms with Gasteiger partial charge in [0, 0.05) is 19.1 Å². The van der Waals surface area contributed by atoms with Gasteiger partial charge in [-0.1, -0.05) is 0 Å². The summed E-state index contributed by atoms with van der Waals surface area (Å²) in [7, 11) is 1.90. The highest BCUT2D eigenvalue weighted by atomic mass is 16.5. The van der Waals surface area contributed by atoms with Crippen LogP contribution in [0.5, 0.6) is 0 Å². The van der Waals surface area contributed by atoms with Gasteiger partial charge in [-0.25, -0.2) is 0 Å². The Kier molecular flexibility index (Phi) is 3.48. The lowest BCUT2D eigenvalue weighted by atomic mass is 10.00. The first kappa shape index (κ1) is 11.8. The van der Waals surface area contributed by atoms with E-state index in [0.29, 0.717) is 12.1 Å². The van der Waals surface area contributed by atoms with Crippen LogP contribution in [0.1, 0.15) is 26.2 Å². The van der Waals surface area contributed by atoms with Gasteiger partial charge in [-0.15, -0.1) is 0 Å². The summed E-state index contributed by atoms with van der Waals surface area (Å²) in [4.78, 5) is 2.49. The first-order chi connectivity index (χ1) is 7.69. The van der Waals surface area contributed by atoms with Gasteiger partial charge in [-0.2, -0.15) is 5.26 Å². The Balaban J connectivity index is 1.95. The number of nitrogens with one attached hydrogen (secondary N) is 1. The zero-order chi connectivity index (χ0) is 11.6. The van der Waals surface area contributed by atoms with Gasteiger partial charge in [0.25, 0.3) is 0 Å². The van der Waals surface area contributed by atoms with Crippen LogP contribution < -0.4 is 5.32 Å². The van der Waals surface area contributed by atoms with Crippen LogP contribution >= 0.6 is 0 Å². The van der Waals surface area contributed by atoms with Crippen molar-refractivity contribution >= 4 is 0 Å². The fourth-order valence-corrected chi connectivity index (χ4v) is 2.89. The van der Waals surface area contributed by atoms with E-state index in [2.05, 4.69) is 23.2 Å². The Morgan fingerprint density at radius 2 is 2.38 bits per heavy atom. The molecule has 2 fully saturated rings. The summed E-state index contributed by atoms with van der Waals surface area (Å²) >= 11 is 0. The third-order valence-electron chi connectivity index (χ3n) is 3.97. The largest absolute Gasteiger partial charge is 0.376 e. The topological polar surface area (TPSA) is 48.3 Å². The summed E-state index contributed by atoms with van der Waals surface area (Å²) in [6, 6.07) is 2.99. The fourth-order valence-electron chi connectivity index (χ4n) is 2.89. The van der Waals surface area contributed by atoms with E-state index in [4.69, 9.17) is 4.74 Å². The Bertz CT molecular complexity index is 288. The van der Waals surface area contributed by atoms with Crippen molar-refractivity contribution in [3.63, 3.8) is 0 Å². The van der Waals surface area contributed by atoms with Gasteiger partial charge in [-0.05, 0) is 33.2 Å². The molecule has 0 amide bonds. The summed E-state index contributed by atoms with van der Waals surface area (Å²) in [6.07, 6.45) is 3.38. The van der Waals surface area contributed by atoms with E-state index >= 15 is 0 Å². The van der Waals surface area contributed by atoms with Gasteiger partial charge in [0.15, 0.2) is 0 Å². The van der Waals surface area contributed by atoms with Crippen molar-refractivity contribution in [3.8, 4) is 6.07 Å². The quantitative estimate of drug-likeness (QED) is 0.750. The molecule has 0 spiro atoms. The minimum absolute atomic E-state index is 0.286. The lowest BCUT2D eigenvalue weighted by molar-refractivity contribution is -0.0336. The highest BCUT2D eigenvalue weighted by Gasteiger charge is 2.41. The van der Waals surface area contributed by atoms with E-state index in [-0.39, 0.29) is 5.54 Å². The molecular formula is C12H21N3O. The van der Waals surface area contributed by atoms with Crippen molar-refractivity contribution < 1.29 is 4.74 Å². The molecule has 90 valence electrons. The summed E-state index contributed by atoms with van der Waals surface area (Å²) in [5, 5.41) is 12.4. The second kappa shape index (κ2) is 4.70. The van der Waals surface area contributed by atoms with Crippen molar-refractivity contribution in [1.82, 2.24) is 10.2 Å². The van der Waals surface area contributed by atoms with Crippen LogP contribution in [0.25, 0.3) is 0 Å². The van der Waals surface area contributed by atoms with E-state index < -0.39 is 0 Å². The number of nitrogens with zero attached hydrogens (tertiary/aromatic N) is 2. The van der Waals surface area contributed by atoms with Crippen LogP contribution in [0.15, 0.2) is 0 Å². The van der Waals surface area contributed by atoms with E-state index in [9.17, 15) is 5.26 Å². The normalized spacial score (nSPS) is 40.8. The number of ether oxygens (including phenoxy) is 1. The van der Waals surface area contributed by atoms with E-state index in [1.807, 2.05) is 7.05 Å². The minimum atomic E-state index is -0.286. The maximum atomic E-state index is 9.23. The smallest absolute Gasteiger partial charge is 0.108 e. The van der Waals surface area contributed by atoms with Crippen molar-refractivity contribution in [2.45, 2.75) is 43.9 Å². The molecule has 0 aromatic rings. The molecule has 1 aliphatic carbocycles. The summed E-state index contributed by atoms with van der Waals surface area (Å²) in [5.74, 6) is 0. The maximum absolute atomic E-state index is 9.23. The van der Waals surface area contributed by atoms with Gasteiger partial charge in [0.1, 0.15) is 5.54 Å². The van der Waals surface area contributed by atoms with Gasteiger partial charge in [0.2, 0.25) is 0 Å². The highest BCUT2D eigenvalue weighted by Crippen LogP contribution is 2.33. The van der Waals surface area contributed by atoms with Crippen LogP contribution in [0.3, 0.4) is 0 Å². The second-order valence-electron chi connectivity index (χ2n) is 5.02.